The molecule has 1 saturated heterocycles. The number of nitrogens with two attached hydrogens (primary N) is 1. The van der Waals surface area contributed by atoms with E-state index in [2.05, 4.69) is 5.32 Å². The molecule has 0 radical (unpaired) electrons. The van der Waals surface area contributed by atoms with E-state index in [0.717, 1.165) is 6.42 Å². The van der Waals surface area contributed by atoms with E-state index in [1.165, 1.54) is 16.7 Å². The summed E-state index contributed by atoms with van der Waals surface area (Å²) in [7, 11) is 0. The highest BCUT2D eigenvalue weighted by molar-refractivity contribution is 7.99. The Morgan fingerprint density at radius 2 is 2.10 bits per heavy atom. The van der Waals surface area contributed by atoms with Gasteiger partial charge in [-0.25, -0.2) is 0 Å². The first-order chi connectivity index (χ1) is 9.90. The number of carbonyl (C=O) groups is 4. The molecule has 1 unspecified atom stereocenters. The standard InChI is InChI=1S/C12H19N3O5S/c13-8(12(19)20)3-5-21-7-10(17)14-9(16)6-15-4-1-2-11(15)18/h8H,1-7,13H2,(H,19,20)(H,14,16,17). The fourth-order valence-electron chi connectivity index (χ4n) is 1.77. The Kier molecular flexibility index (Phi) is 7.17. The molecule has 118 valence electrons. The van der Waals surface area contributed by atoms with Crippen molar-refractivity contribution in [1.29, 1.82) is 0 Å². The van der Waals surface area contributed by atoms with Crippen LogP contribution in [-0.4, -0.2) is 64.3 Å². The Morgan fingerprint density at radius 3 is 2.67 bits per heavy atom. The number of carboxylic acids is 1. The highest BCUT2D eigenvalue weighted by Gasteiger charge is 2.22. The van der Waals surface area contributed by atoms with E-state index < -0.39 is 23.8 Å². The second-order valence-electron chi connectivity index (χ2n) is 4.68. The van der Waals surface area contributed by atoms with Crippen molar-refractivity contribution in [2.45, 2.75) is 25.3 Å². The highest BCUT2D eigenvalue weighted by Crippen LogP contribution is 2.08. The fourth-order valence-corrected chi connectivity index (χ4v) is 2.60. The van der Waals surface area contributed by atoms with Crippen LogP contribution < -0.4 is 11.1 Å². The van der Waals surface area contributed by atoms with Crippen molar-refractivity contribution in [2.24, 2.45) is 5.73 Å². The summed E-state index contributed by atoms with van der Waals surface area (Å²) in [5, 5.41) is 10.8. The number of carboxylic acid groups (broad SMARTS) is 1. The number of hydrogen-bond acceptors (Lipinski definition) is 6. The van der Waals surface area contributed by atoms with Crippen LogP contribution in [0, 0.1) is 0 Å². The predicted molar refractivity (Wildman–Crippen MR) is 76.5 cm³/mol. The van der Waals surface area contributed by atoms with Crippen LogP contribution in [-0.2, 0) is 19.2 Å². The van der Waals surface area contributed by atoms with Gasteiger partial charge in [0.2, 0.25) is 17.7 Å². The zero-order chi connectivity index (χ0) is 15.8. The van der Waals surface area contributed by atoms with Gasteiger partial charge in [0, 0.05) is 13.0 Å². The van der Waals surface area contributed by atoms with Crippen LogP contribution in [0.4, 0.5) is 0 Å². The number of amides is 3. The summed E-state index contributed by atoms with van der Waals surface area (Å²) >= 11 is 1.20. The number of nitrogens with zero attached hydrogens (tertiary/aromatic N) is 1. The maximum atomic E-state index is 11.6. The number of likely N-dealkylation sites (tertiary alicyclic amines) is 1. The number of rotatable bonds is 8. The predicted octanol–water partition coefficient (Wildman–Crippen LogP) is -1.21. The first-order valence-corrected chi connectivity index (χ1v) is 7.72. The maximum absolute atomic E-state index is 11.6. The summed E-state index contributed by atoms with van der Waals surface area (Å²) in [6.45, 7) is 0.446. The van der Waals surface area contributed by atoms with E-state index in [1.54, 1.807) is 0 Å². The second kappa shape index (κ2) is 8.63. The van der Waals surface area contributed by atoms with Gasteiger partial charge in [0.15, 0.2) is 0 Å². The normalized spacial score (nSPS) is 15.9. The van der Waals surface area contributed by atoms with Gasteiger partial charge in [-0.1, -0.05) is 0 Å². The van der Waals surface area contributed by atoms with Crippen LogP contribution in [0.15, 0.2) is 0 Å². The lowest BCUT2D eigenvalue weighted by Crippen LogP contribution is -2.41. The first kappa shape index (κ1) is 17.4. The largest absolute Gasteiger partial charge is 0.480 e. The molecule has 0 spiro atoms. The van der Waals surface area contributed by atoms with E-state index >= 15 is 0 Å². The van der Waals surface area contributed by atoms with E-state index in [0.29, 0.717) is 18.7 Å². The van der Waals surface area contributed by atoms with Crippen molar-refractivity contribution in [3.8, 4) is 0 Å². The Balaban J connectivity index is 2.14. The quantitative estimate of drug-likeness (QED) is 0.479. The Hall–Kier alpha value is -1.61. The summed E-state index contributed by atoms with van der Waals surface area (Å²) in [5.41, 5.74) is 5.31. The van der Waals surface area contributed by atoms with Gasteiger partial charge in [-0.2, -0.15) is 11.8 Å². The maximum Gasteiger partial charge on any atom is 0.320 e. The molecule has 0 saturated carbocycles. The lowest BCUT2D eigenvalue weighted by atomic mass is 10.2. The van der Waals surface area contributed by atoms with Crippen LogP contribution in [0.3, 0.4) is 0 Å². The lowest BCUT2D eigenvalue weighted by Gasteiger charge is -2.14. The van der Waals surface area contributed by atoms with E-state index in [-0.39, 0.29) is 24.6 Å². The summed E-state index contributed by atoms with van der Waals surface area (Å²) in [4.78, 5) is 46.3. The molecule has 3 amide bonds. The zero-order valence-corrected chi connectivity index (χ0v) is 12.4. The van der Waals surface area contributed by atoms with Crippen molar-refractivity contribution in [3.05, 3.63) is 0 Å². The average molecular weight is 317 g/mol. The number of aliphatic carboxylic acids is 1. The van der Waals surface area contributed by atoms with Crippen molar-refractivity contribution in [1.82, 2.24) is 10.2 Å². The van der Waals surface area contributed by atoms with Gasteiger partial charge < -0.3 is 15.7 Å². The second-order valence-corrected chi connectivity index (χ2v) is 5.78. The monoisotopic (exact) mass is 317 g/mol. The molecular weight excluding hydrogens is 298 g/mol. The van der Waals surface area contributed by atoms with Crippen molar-refractivity contribution in [2.75, 3.05) is 24.6 Å². The number of carbonyl (C=O) groups excluding carboxylic acids is 3. The number of thioether (sulfide) groups is 1. The van der Waals surface area contributed by atoms with E-state index in [4.69, 9.17) is 10.8 Å². The Morgan fingerprint density at radius 1 is 1.38 bits per heavy atom. The molecule has 1 aliphatic heterocycles. The van der Waals surface area contributed by atoms with Crippen LogP contribution >= 0.6 is 11.8 Å². The Bertz CT molecular complexity index is 429. The van der Waals surface area contributed by atoms with Gasteiger partial charge in [0.25, 0.3) is 0 Å². The zero-order valence-electron chi connectivity index (χ0n) is 11.5. The van der Waals surface area contributed by atoms with Crippen LogP contribution in [0.1, 0.15) is 19.3 Å². The molecule has 4 N–H and O–H groups in total. The van der Waals surface area contributed by atoms with Crippen LogP contribution in [0.25, 0.3) is 0 Å². The number of imide groups is 1. The molecule has 1 rings (SSSR count). The number of nitrogens with one attached hydrogen (secondary N) is 1. The molecule has 1 aliphatic rings. The molecule has 0 bridgehead atoms. The average Bonchev–Trinajstić information content (AvgIpc) is 2.79. The molecule has 8 nitrogen and oxygen atoms in total. The smallest absolute Gasteiger partial charge is 0.320 e. The molecule has 1 fully saturated rings. The first-order valence-electron chi connectivity index (χ1n) is 6.56. The third-order valence-corrected chi connectivity index (χ3v) is 3.90. The molecule has 0 aromatic heterocycles. The van der Waals surface area contributed by atoms with Gasteiger partial charge in [-0.3, -0.25) is 24.5 Å². The third kappa shape index (κ3) is 6.58. The van der Waals surface area contributed by atoms with Gasteiger partial charge >= 0.3 is 5.97 Å². The van der Waals surface area contributed by atoms with E-state index in [1.807, 2.05) is 0 Å². The molecule has 0 aromatic carbocycles. The lowest BCUT2D eigenvalue weighted by molar-refractivity contribution is -0.138. The van der Waals surface area contributed by atoms with Crippen LogP contribution in [0.2, 0.25) is 0 Å². The van der Waals surface area contributed by atoms with Crippen LogP contribution in [0.5, 0.6) is 0 Å². The van der Waals surface area contributed by atoms with Crippen molar-refractivity contribution < 1.29 is 24.3 Å². The molecule has 21 heavy (non-hydrogen) atoms. The Labute approximate surface area is 126 Å². The van der Waals surface area contributed by atoms with Gasteiger partial charge in [0.1, 0.15) is 6.04 Å². The fraction of sp³-hybridized carbons (Fsp3) is 0.667. The third-order valence-electron chi connectivity index (χ3n) is 2.91. The molecule has 0 aliphatic carbocycles. The SMILES string of the molecule is NC(CCSCC(=O)NC(=O)CN1CCCC1=O)C(=O)O. The topological polar surface area (TPSA) is 130 Å². The van der Waals surface area contributed by atoms with Crippen molar-refractivity contribution in [3.63, 3.8) is 0 Å². The minimum Gasteiger partial charge on any atom is -0.480 e. The highest BCUT2D eigenvalue weighted by atomic mass is 32.2. The molecule has 1 heterocycles. The van der Waals surface area contributed by atoms with Gasteiger partial charge in [0.05, 0.1) is 12.3 Å². The van der Waals surface area contributed by atoms with Gasteiger partial charge in [-0.15, -0.1) is 0 Å². The summed E-state index contributed by atoms with van der Waals surface area (Å²) in [6, 6.07) is -0.941. The summed E-state index contributed by atoms with van der Waals surface area (Å²) in [6.07, 6.45) is 1.43. The molecule has 1 atom stereocenters. The van der Waals surface area contributed by atoms with Crippen molar-refractivity contribution >= 4 is 35.5 Å². The minimum absolute atomic E-state index is 0.0476. The molecule has 9 heteroatoms. The minimum atomic E-state index is -1.08. The molecule has 0 aromatic rings. The summed E-state index contributed by atoms with van der Waals surface area (Å²) < 4.78 is 0. The number of hydrogen-bond donors (Lipinski definition) is 3. The molecular formula is C12H19N3O5S. The van der Waals surface area contributed by atoms with Gasteiger partial charge in [-0.05, 0) is 18.6 Å². The summed E-state index contributed by atoms with van der Waals surface area (Å²) in [5.74, 6) is -1.65. The van der Waals surface area contributed by atoms with E-state index in [9.17, 15) is 19.2 Å².